The van der Waals surface area contributed by atoms with E-state index in [2.05, 4.69) is 4.98 Å². The van der Waals surface area contributed by atoms with Crippen LogP contribution < -0.4 is 16.0 Å². The first-order valence-electron chi connectivity index (χ1n) is 7.67. The van der Waals surface area contributed by atoms with E-state index in [9.17, 15) is 9.59 Å². The number of hydrogen-bond acceptors (Lipinski definition) is 5. The van der Waals surface area contributed by atoms with Crippen molar-refractivity contribution >= 4 is 17.6 Å². The number of ether oxygens (including phenoxy) is 1. The van der Waals surface area contributed by atoms with E-state index in [1.54, 1.807) is 36.4 Å². The lowest BCUT2D eigenvalue weighted by Crippen LogP contribution is -2.20. The summed E-state index contributed by atoms with van der Waals surface area (Å²) in [6, 6.07) is 14.0. The number of hydrogen-bond donors (Lipinski definition) is 1. The normalized spacial score (nSPS) is 11.2. The number of carbonyl (C=O) groups is 1. The minimum atomic E-state index is -0.938. The van der Waals surface area contributed by atoms with Gasteiger partial charge < -0.3 is 10.5 Å². The van der Waals surface area contributed by atoms with E-state index >= 15 is 0 Å². The highest BCUT2D eigenvalue weighted by Gasteiger charge is 2.16. The Morgan fingerprint density at radius 1 is 1.27 bits per heavy atom. The molecule has 0 aliphatic rings. The average Bonchev–Trinajstić information content (AvgIpc) is 2.63. The van der Waals surface area contributed by atoms with Crippen molar-refractivity contribution in [2.45, 2.75) is 6.92 Å². The molecule has 7 nitrogen and oxygen atoms in total. The van der Waals surface area contributed by atoms with Crippen molar-refractivity contribution in [1.29, 1.82) is 5.26 Å². The molecule has 0 saturated carbocycles. The standard InChI is InChI=1S/C19H14N4O3/c1-12-6-2-3-7-15(12)26-18-14(10-13(11-20)17(21)24)19(25)23-9-5-4-8-16(23)22-18/h2-10H,1H3,(H2,21,24)/b13-10+. The summed E-state index contributed by atoms with van der Waals surface area (Å²) in [7, 11) is 0. The van der Waals surface area contributed by atoms with E-state index in [0.29, 0.717) is 11.4 Å². The highest BCUT2D eigenvalue weighted by Crippen LogP contribution is 2.26. The predicted molar refractivity (Wildman–Crippen MR) is 95.5 cm³/mol. The van der Waals surface area contributed by atoms with Crippen LogP contribution in [0.15, 0.2) is 59.0 Å². The van der Waals surface area contributed by atoms with Gasteiger partial charge in [-0.05, 0) is 36.8 Å². The van der Waals surface area contributed by atoms with Crippen molar-refractivity contribution in [3.8, 4) is 17.7 Å². The molecule has 0 aliphatic heterocycles. The number of aryl methyl sites for hydroxylation is 1. The monoisotopic (exact) mass is 346 g/mol. The summed E-state index contributed by atoms with van der Waals surface area (Å²) in [6.07, 6.45) is 2.64. The topological polar surface area (TPSA) is 110 Å². The molecule has 3 aromatic rings. The van der Waals surface area contributed by atoms with Gasteiger partial charge in [0.1, 0.15) is 28.6 Å². The number of rotatable bonds is 4. The van der Waals surface area contributed by atoms with Crippen LogP contribution >= 0.6 is 0 Å². The van der Waals surface area contributed by atoms with Crippen molar-refractivity contribution in [2.75, 3.05) is 0 Å². The molecule has 0 atom stereocenters. The van der Waals surface area contributed by atoms with Gasteiger partial charge in [-0.3, -0.25) is 14.0 Å². The summed E-state index contributed by atoms with van der Waals surface area (Å²) in [5, 5.41) is 9.10. The molecule has 128 valence electrons. The molecule has 0 radical (unpaired) electrons. The third-order valence-electron chi connectivity index (χ3n) is 3.71. The van der Waals surface area contributed by atoms with Crippen LogP contribution in [0.1, 0.15) is 11.1 Å². The lowest BCUT2D eigenvalue weighted by Gasteiger charge is -2.11. The van der Waals surface area contributed by atoms with E-state index < -0.39 is 11.5 Å². The maximum absolute atomic E-state index is 12.8. The number of carbonyl (C=O) groups excluding carboxylic acids is 1. The van der Waals surface area contributed by atoms with Gasteiger partial charge in [0.05, 0.1) is 0 Å². The first-order valence-corrected chi connectivity index (χ1v) is 7.67. The largest absolute Gasteiger partial charge is 0.438 e. The zero-order valence-electron chi connectivity index (χ0n) is 13.8. The summed E-state index contributed by atoms with van der Waals surface area (Å²) in [6.45, 7) is 1.85. The number of pyridine rings is 1. The van der Waals surface area contributed by atoms with Crippen molar-refractivity contribution in [3.05, 3.63) is 75.7 Å². The minimum absolute atomic E-state index is 0.00972. The van der Waals surface area contributed by atoms with Gasteiger partial charge in [0.15, 0.2) is 0 Å². The number of aromatic nitrogens is 2. The Morgan fingerprint density at radius 2 is 2.00 bits per heavy atom. The number of para-hydroxylation sites is 1. The lowest BCUT2D eigenvalue weighted by atomic mass is 10.1. The number of nitrogens with two attached hydrogens (primary N) is 1. The van der Waals surface area contributed by atoms with Crippen LogP contribution in [0.5, 0.6) is 11.6 Å². The van der Waals surface area contributed by atoms with Crippen LogP contribution in [0.25, 0.3) is 11.7 Å². The molecule has 0 unspecified atom stereocenters. The van der Waals surface area contributed by atoms with Gasteiger partial charge in [-0.1, -0.05) is 24.3 Å². The average molecular weight is 346 g/mol. The molecule has 0 spiro atoms. The minimum Gasteiger partial charge on any atom is -0.438 e. The third kappa shape index (κ3) is 3.16. The Morgan fingerprint density at radius 3 is 2.69 bits per heavy atom. The lowest BCUT2D eigenvalue weighted by molar-refractivity contribution is -0.114. The van der Waals surface area contributed by atoms with Crippen LogP contribution in [0, 0.1) is 18.3 Å². The van der Waals surface area contributed by atoms with Gasteiger partial charge >= 0.3 is 0 Å². The second-order valence-corrected chi connectivity index (χ2v) is 5.47. The van der Waals surface area contributed by atoms with Gasteiger partial charge in [-0.2, -0.15) is 10.2 Å². The molecule has 2 heterocycles. The predicted octanol–water partition coefficient (Wildman–Crippen LogP) is 2.19. The Kier molecular flexibility index (Phi) is 4.50. The number of fused-ring (bicyclic) bond motifs is 1. The molecule has 26 heavy (non-hydrogen) atoms. The second kappa shape index (κ2) is 6.91. The fraction of sp³-hybridized carbons (Fsp3) is 0.0526. The number of benzene rings is 1. The number of nitriles is 1. The number of amides is 1. The highest BCUT2D eigenvalue weighted by molar-refractivity contribution is 6.00. The maximum Gasteiger partial charge on any atom is 0.269 e. The summed E-state index contributed by atoms with van der Waals surface area (Å²) >= 11 is 0. The van der Waals surface area contributed by atoms with Gasteiger partial charge in [0.25, 0.3) is 11.5 Å². The molecule has 1 aromatic carbocycles. The van der Waals surface area contributed by atoms with Crippen LogP contribution in [-0.2, 0) is 4.79 Å². The number of primary amides is 1. The van der Waals surface area contributed by atoms with E-state index in [-0.39, 0.29) is 17.0 Å². The van der Waals surface area contributed by atoms with Crippen molar-refractivity contribution in [1.82, 2.24) is 9.38 Å². The second-order valence-electron chi connectivity index (χ2n) is 5.47. The Labute approximate surface area is 148 Å². The van der Waals surface area contributed by atoms with Crippen molar-refractivity contribution in [2.24, 2.45) is 5.73 Å². The summed E-state index contributed by atoms with van der Waals surface area (Å²) in [4.78, 5) is 28.6. The third-order valence-corrected chi connectivity index (χ3v) is 3.71. The van der Waals surface area contributed by atoms with E-state index in [0.717, 1.165) is 11.6 Å². The smallest absolute Gasteiger partial charge is 0.269 e. The Bertz CT molecular complexity index is 1140. The van der Waals surface area contributed by atoms with Gasteiger partial charge in [-0.15, -0.1) is 0 Å². The summed E-state index contributed by atoms with van der Waals surface area (Å²) in [5.74, 6) is -0.441. The molecule has 1 amide bonds. The van der Waals surface area contributed by atoms with Crippen LogP contribution in [-0.4, -0.2) is 15.3 Å². The quantitative estimate of drug-likeness (QED) is 0.575. The van der Waals surface area contributed by atoms with E-state index in [4.69, 9.17) is 15.7 Å². The molecule has 0 aliphatic carbocycles. The Hall–Kier alpha value is -3.92. The SMILES string of the molecule is Cc1ccccc1Oc1nc2ccccn2c(=O)c1/C=C(\C#N)C(N)=O. The molecule has 7 heteroatoms. The molecular formula is C19H14N4O3. The first kappa shape index (κ1) is 16.9. The van der Waals surface area contributed by atoms with Crippen molar-refractivity contribution < 1.29 is 9.53 Å². The van der Waals surface area contributed by atoms with E-state index in [1.807, 2.05) is 19.1 Å². The molecular weight excluding hydrogens is 332 g/mol. The summed E-state index contributed by atoms with van der Waals surface area (Å²) < 4.78 is 7.12. The van der Waals surface area contributed by atoms with Crippen LogP contribution in [0.3, 0.4) is 0 Å². The molecule has 2 N–H and O–H groups in total. The fourth-order valence-electron chi connectivity index (χ4n) is 2.36. The molecule has 3 rings (SSSR count). The molecule has 0 bridgehead atoms. The fourth-order valence-corrected chi connectivity index (χ4v) is 2.36. The first-order chi connectivity index (χ1) is 12.5. The van der Waals surface area contributed by atoms with Gasteiger partial charge in [0.2, 0.25) is 5.88 Å². The molecule has 0 saturated heterocycles. The molecule has 0 fully saturated rings. The zero-order valence-corrected chi connectivity index (χ0v) is 13.8. The van der Waals surface area contributed by atoms with Crippen LogP contribution in [0.2, 0.25) is 0 Å². The zero-order chi connectivity index (χ0) is 18.7. The van der Waals surface area contributed by atoms with E-state index in [1.165, 1.54) is 10.6 Å². The number of nitrogens with zero attached hydrogens (tertiary/aromatic N) is 3. The Balaban J connectivity index is 2.28. The molecule has 2 aromatic heterocycles. The highest BCUT2D eigenvalue weighted by atomic mass is 16.5. The van der Waals surface area contributed by atoms with Crippen molar-refractivity contribution in [3.63, 3.8) is 0 Å². The summed E-state index contributed by atoms with van der Waals surface area (Å²) in [5.41, 5.74) is 5.52. The van der Waals surface area contributed by atoms with Crippen LogP contribution in [0.4, 0.5) is 0 Å². The van der Waals surface area contributed by atoms with Gasteiger partial charge in [-0.25, -0.2) is 0 Å². The van der Waals surface area contributed by atoms with Gasteiger partial charge in [0, 0.05) is 6.20 Å². The maximum atomic E-state index is 12.8.